The maximum Gasteiger partial charge on any atom is 0.121 e. The van der Waals surface area contributed by atoms with Gasteiger partial charge in [-0.3, -0.25) is 4.99 Å². The summed E-state index contributed by atoms with van der Waals surface area (Å²) in [5.74, 6) is 0.722. The van der Waals surface area contributed by atoms with Crippen molar-refractivity contribution in [3.63, 3.8) is 0 Å². The Morgan fingerprint density at radius 3 is 3.18 bits per heavy atom. The smallest absolute Gasteiger partial charge is 0.121 e. The van der Waals surface area contributed by atoms with Gasteiger partial charge in [0.1, 0.15) is 7.28 Å². The van der Waals surface area contributed by atoms with Crippen LogP contribution in [0.2, 0.25) is 12.1 Å². The van der Waals surface area contributed by atoms with Gasteiger partial charge in [0, 0.05) is 11.9 Å². The lowest BCUT2D eigenvalue weighted by molar-refractivity contribution is 0.864. The summed E-state index contributed by atoms with van der Waals surface area (Å²) in [6.07, 6.45) is 10.5. The van der Waals surface area contributed by atoms with Crippen LogP contribution >= 0.6 is 0 Å². The third-order valence-electron chi connectivity index (χ3n) is 2.51. The Hall–Kier alpha value is -0.525. The first kappa shape index (κ1) is 7.14. The van der Waals surface area contributed by atoms with Gasteiger partial charge in [-0.15, -0.1) is 0 Å². The minimum absolute atomic E-state index is 0.722. The molecule has 2 rings (SSSR count). The highest BCUT2D eigenvalue weighted by Gasteiger charge is 2.21. The van der Waals surface area contributed by atoms with E-state index in [9.17, 15) is 0 Å². The van der Waals surface area contributed by atoms with Gasteiger partial charge in [0.2, 0.25) is 0 Å². The van der Waals surface area contributed by atoms with Crippen molar-refractivity contribution in [2.24, 2.45) is 4.99 Å². The molecule has 0 N–H and O–H groups in total. The first-order valence-corrected chi connectivity index (χ1v) is 4.52. The highest BCUT2D eigenvalue weighted by Crippen LogP contribution is 2.28. The number of hydrogen-bond acceptors (Lipinski definition) is 1. The van der Waals surface area contributed by atoms with E-state index < -0.39 is 0 Å². The van der Waals surface area contributed by atoms with Crippen LogP contribution in [0.25, 0.3) is 0 Å². The van der Waals surface area contributed by atoms with E-state index in [1.165, 1.54) is 37.7 Å². The van der Waals surface area contributed by atoms with E-state index in [-0.39, 0.29) is 0 Å². The quantitative estimate of drug-likeness (QED) is 0.503. The zero-order chi connectivity index (χ0) is 7.52. The molecule has 1 nitrogen and oxygen atoms in total. The van der Waals surface area contributed by atoms with E-state index in [0.29, 0.717) is 0 Å². The van der Waals surface area contributed by atoms with Gasteiger partial charge in [-0.05, 0) is 18.7 Å². The van der Waals surface area contributed by atoms with Gasteiger partial charge in [0.25, 0.3) is 0 Å². The van der Waals surface area contributed by atoms with E-state index in [0.717, 1.165) is 5.82 Å². The Morgan fingerprint density at radius 2 is 2.55 bits per heavy atom. The molecule has 11 heavy (non-hydrogen) atoms. The number of nitrogens with zero attached hydrogens (tertiary/aromatic N) is 1. The molecule has 57 valence electrons. The molecule has 1 atom stereocenters. The molecule has 0 spiro atoms. The lowest BCUT2D eigenvalue weighted by atomic mass is 9.64. The normalized spacial score (nSPS) is 29.8. The summed E-state index contributed by atoms with van der Waals surface area (Å²) in [4.78, 5) is 4.42. The van der Waals surface area contributed by atoms with Crippen molar-refractivity contribution >= 4 is 13.0 Å². The summed E-state index contributed by atoms with van der Waals surface area (Å²) < 4.78 is 0. The van der Waals surface area contributed by atoms with Gasteiger partial charge in [-0.1, -0.05) is 25.2 Å². The Morgan fingerprint density at radius 1 is 1.55 bits per heavy atom. The first-order chi connectivity index (χ1) is 5.47. The molecule has 1 fully saturated rings. The van der Waals surface area contributed by atoms with Crippen molar-refractivity contribution in [3.8, 4) is 0 Å². The van der Waals surface area contributed by atoms with Crippen LogP contribution in [-0.2, 0) is 0 Å². The molecule has 1 unspecified atom stereocenters. The second-order valence-corrected chi connectivity index (χ2v) is 3.32. The summed E-state index contributed by atoms with van der Waals surface area (Å²) in [6.45, 7) is 0. The molecule has 1 radical (unpaired) electrons. The number of aliphatic imine (C=N–C) groups is 1. The highest BCUT2D eigenvalue weighted by molar-refractivity contribution is 6.46. The molecule has 0 saturated carbocycles. The topological polar surface area (TPSA) is 12.4 Å². The minimum Gasteiger partial charge on any atom is -0.266 e. The molecule has 2 heteroatoms. The fraction of sp³-hybridized carbons (Fsp3) is 0.667. The van der Waals surface area contributed by atoms with Crippen LogP contribution in [-0.4, -0.2) is 13.0 Å². The summed E-state index contributed by atoms with van der Waals surface area (Å²) >= 11 is 0. The second kappa shape index (κ2) is 3.25. The van der Waals surface area contributed by atoms with Gasteiger partial charge < -0.3 is 0 Å². The largest absolute Gasteiger partial charge is 0.266 e. The molecular weight excluding hydrogens is 133 g/mol. The molecule has 0 aromatic carbocycles. The molecular formula is C9H13BN. The fourth-order valence-corrected chi connectivity index (χ4v) is 1.88. The monoisotopic (exact) mass is 146 g/mol. The standard InChI is InChI=1S/C9H13BN/c1-2-7-11-9(5-1)8-4-3-6-10-8/h2,7-8H,1,3-6H2. The van der Waals surface area contributed by atoms with Crippen LogP contribution in [0.3, 0.4) is 0 Å². The van der Waals surface area contributed by atoms with Crippen molar-refractivity contribution < 1.29 is 0 Å². The third-order valence-corrected chi connectivity index (χ3v) is 2.51. The predicted molar refractivity (Wildman–Crippen MR) is 49.4 cm³/mol. The molecule has 1 saturated heterocycles. The Labute approximate surface area is 68.8 Å². The van der Waals surface area contributed by atoms with Gasteiger partial charge in [0.05, 0.1) is 0 Å². The fourth-order valence-electron chi connectivity index (χ4n) is 1.88. The molecule has 0 bridgehead atoms. The van der Waals surface area contributed by atoms with Crippen molar-refractivity contribution in [1.29, 1.82) is 0 Å². The Bertz CT molecular complexity index is 190. The van der Waals surface area contributed by atoms with E-state index in [2.05, 4.69) is 18.3 Å². The van der Waals surface area contributed by atoms with E-state index in [1.54, 1.807) is 0 Å². The Balaban J connectivity index is 2.02. The van der Waals surface area contributed by atoms with Crippen LogP contribution < -0.4 is 0 Å². The maximum absolute atomic E-state index is 4.42. The zero-order valence-electron chi connectivity index (χ0n) is 6.79. The van der Waals surface area contributed by atoms with Gasteiger partial charge in [-0.25, -0.2) is 0 Å². The lowest BCUT2D eigenvalue weighted by Crippen LogP contribution is -2.11. The van der Waals surface area contributed by atoms with Crippen LogP contribution in [0, 0.1) is 0 Å². The molecule has 0 aromatic heterocycles. The van der Waals surface area contributed by atoms with Gasteiger partial charge in [-0.2, -0.15) is 0 Å². The predicted octanol–water partition coefficient (Wildman–Crippen LogP) is 2.44. The third kappa shape index (κ3) is 1.55. The number of hydrogen-bond donors (Lipinski definition) is 0. The number of allylic oxidation sites excluding steroid dienone is 1. The van der Waals surface area contributed by atoms with Gasteiger partial charge in [0.15, 0.2) is 0 Å². The van der Waals surface area contributed by atoms with Crippen molar-refractivity contribution in [3.05, 3.63) is 12.3 Å². The molecule has 2 heterocycles. The SMILES string of the molecule is [B]1CCCC1C1=NC=CCC1. The summed E-state index contributed by atoms with van der Waals surface area (Å²) in [7, 11) is 2.43. The van der Waals surface area contributed by atoms with Crippen LogP contribution in [0.5, 0.6) is 0 Å². The average molecular weight is 146 g/mol. The van der Waals surface area contributed by atoms with E-state index in [4.69, 9.17) is 0 Å². The molecule has 0 aliphatic carbocycles. The van der Waals surface area contributed by atoms with Gasteiger partial charge >= 0.3 is 0 Å². The van der Waals surface area contributed by atoms with Crippen molar-refractivity contribution in [1.82, 2.24) is 0 Å². The van der Waals surface area contributed by atoms with Crippen molar-refractivity contribution in [2.75, 3.05) is 0 Å². The lowest BCUT2D eigenvalue weighted by Gasteiger charge is -2.13. The van der Waals surface area contributed by atoms with Crippen LogP contribution in [0.15, 0.2) is 17.3 Å². The van der Waals surface area contributed by atoms with Crippen LogP contribution in [0.1, 0.15) is 25.7 Å². The highest BCUT2D eigenvalue weighted by atomic mass is 14.7. The number of rotatable bonds is 1. The second-order valence-electron chi connectivity index (χ2n) is 3.32. The molecule has 2 aliphatic heterocycles. The van der Waals surface area contributed by atoms with Crippen LogP contribution in [0.4, 0.5) is 0 Å². The van der Waals surface area contributed by atoms with E-state index >= 15 is 0 Å². The summed E-state index contributed by atoms with van der Waals surface area (Å²) in [6, 6.07) is 0. The minimum atomic E-state index is 0.722. The molecule has 0 amide bonds. The molecule has 2 aliphatic rings. The zero-order valence-corrected chi connectivity index (χ0v) is 6.79. The summed E-state index contributed by atoms with van der Waals surface area (Å²) in [5, 5.41) is 0. The first-order valence-electron chi connectivity index (χ1n) is 4.52. The maximum atomic E-state index is 4.42. The van der Waals surface area contributed by atoms with E-state index in [1.807, 2.05) is 6.20 Å². The Kier molecular flexibility index (Phi) is 2.11. The average Bonchev–Trinajstić information content (AvgIpc) is 2.58. The summed E-state index contributed by atoms with van der Waals surface area (Å²) in [5.41, 5.74) is 1.42. The molecule has 0 aromatic rings. The van der Waals surface area contributed by atoms with Crippen molar-refractivity contribution in [2.45, 2.75) is 37.8 Å².